The fraction of sp³-hybridized carbons (Fsp3) is 0.855. The second-order valence-corrected chi connectivity index (χ2v) is 19.5. The van der Waals surface area contributed by atoms with Gasteiger partial charge in [0.1, 0.15) is 11.4 Å². The topological polar surface area (TPSA) is 158 Å². The number of nitrogens with one attached hydrogen (secondary N) is 1. The molecular weight excluding hydrogens is 863 g/mol. The molecule has 394 valence electrons. The maximum absolute atomic E-state index is 12.6. The molecule has 0 unspecified atom stereocenters. The molecule has 1 aromatic rings. The van der Waals surface area contributed by atoms with Gasteiger partial charge in [-0.3, -0.25) is 28.8 Å². The average molecular weight is 962 g/mol. The zero-order valence-corrected chi connectivity index (χ0v) is 44.2. The van der Waals surface area contributed by atoms with Gasteiger partial charge < -0.3 is 34.1 Å². The summed E-state index contributed by atoms with van der Waals surface area (Å²) in [6.45, 7) is 12.6. The van der Waals surface area contributed by atoms with Crippen LogP contribution in [0.15, 0.2) is 9.59 Å². The first kappa shape index (κ1) is 62.5. The van der Waals surface area contributed by atoms with E-state index in [2.05, 4.69) is 37.9 Å². The fourth-order valence-electron chi connectivity index (χ4n) is 8.41. The molecule has 68 heavy (non-hydrogen) atoms. The predicted molar refractivity (Wildman–Crippen MR) is 277 cm³/mol. The minimum atomic E-state index is -0.472. The number of esters is 4. The Balaban J connectivity index is 2.92. The van der Waals surface area contributed by atoms with Crippen molar-refractivity contribution < 1.29 is 38.1 Å². The molecule has 13 heteroatoms. The Hall–Kier alpha value is -3.48. The Morgan fingerprint density at radius 1 is 0.426 bits per heavy atom. The number of hydrogen-bond donors (Lipinski definition) is 1. The van der Waals surface area contributed by atoms with Crippen LogP contribution in [0.5, 0.6) is 0 Å². The van der Waals surface area contributed by atoms with Gasteiger partial charge in [0, 0.05) is 58.2 Å². The van der Waals surface area contributed by atoms with Crippen molar-refractivity contribution in [2.24, 2.45) is 11.8 Å². The summed E-state index contributed by atoms with van der Waals surface area (Å²) in [7, 11) is 3.52. The smallest absolute Gasteiger partial charge is 0.305 e. The van der Waals surface area contributed by atoms with E-state index in [4.69, 9.17) is 18.9 Å². The largest absolute Gasteiger partial charge is 0.465 e. The van der Waals surface area contributed by atoms with E-state index in [0.717, 1.165) is 167 Å². The van der Waals surface area contributed by atoms with E-state index >= 15 is 0 Å². The van der Waals surface area contributed by atoms with Gasteiger partial charge in [-0.05, 0) is 77.4 Å². The highest BCUT2D eigenvalue weighted by atomic mass is 16.6. The number of nitrogens with zero attached hydrogens (tertiary/aromatic N) is 2. The van der Waals surface area contributed by atoms with Crippen molar-refractivity contribution in [1.29, 1.82) is 0 Å². The lowest BCUT2D eigenvalue weighted by molar-refractivity contribution is -0.151. The molecule has 0 spiro atoms. The molecule has 0 radical (unpaired) electrons. The van der Waals surface area contributed by atoms with Gasteiger partial charge in [-0.2, -0.15) is 0 Å². The zero-order chi connectivity index (χ0) is 50.0. The molecule has 13 nitrogen and oxygen atoms in total. The number of anilines is 2. The Bertz CT molecular complexity index is 1380. The first-order valence-electron chi connectivity index (χ1n) is 27.6. The highest BCUT2D eigenvalue weighted by Crippen LogP contribution is 2.19. The molecule has 0 fully saturated rings. The third kappa shape index (κ3) is 32.4. The summed E-state index contributed by atoms with van der Waals surface area (Å²) < 4.78 is 22.9. The Morgan fingerprint density at radius 2 is 0.750 bits per heavy atom. The lowest BCUT2D eigenvalue weighted by Crippen LogP contribution is -2.40. The molecule has 1 rings (SSSR count). The lowest BCUT2D eigenvalue weighted by atomic mass is 10.0. The molecule has 0 aromatic heterocycles. The second kappa shape index (κ2) is 42.4. The van der Waals surface area contributed by atoms with E-state index in [-0.39, 0.29) is 62.1 Å². The van der Waals surface area contributed by atoms with Crippen molar-refractivity contribution in [3.63, 3.8) is 0 Å². The van der Waals surface area contributed by atoms with E-state index in [1.807, 2.05) is 0 Å². The second-order valence-electron chi connectivity index (χ2n) is 19.5. The molecule has 0 amide bonds. The van der Waals surface area contributed by atoms with Crippen LogP contribution < -0.4 is 21.1 Å². The third-order valence-corrected chi connectivity index (χ3v) is 12.8. The number of ether oxygens (including phenoxy) is 4. The maximum Gasteiger partial charge on any atom is 0.305 e. The molecule has 0 bridgehead atoms. The minimum absolute atomic E-state index is 0.0788. The molecule has 0 saturated heterocycles. The number of carbonyl (C=O) groups is 4. The summed E-state index contributed by atoms with van der Waals surface area (Å²) in [5, 5.41) is 3.20. The van der Waals surface area contributed by atoms with Gasteiger partial charge in [-0.15, -0.1) is 0 Å². The summed E-state index contributed by atoms with van der Waals surface area (Å²) in [5.74, 6) is -0.920. The summed E-state index contributed by atoms with van der Waals surface area (Å²) in [6.07, 6.45) is 28.6. The Labute approximate surface area is 413 Å². The van der Waals surface area contributed by atoms with Crippen molar-refractivity contribution >= 4 is 35.3 Å². The SMILES string of the molecule is CCCCCCCC(=O)OCC(CCCCN(CCCCC(COC(=O)CCCCCCC)COC(=O)CCCCCCC)CCCNc1c(N(C)C)c(=O)c1=O)COC(=O)CCCCCCC. The highest BCUT2D eigenvalue weighted by molar-refractivity contribution is 5.74. The summed E-state index contributed by atoms with van der Waals surface area (Å²) in [6, 6.07) is 0. The molecule has 0 atom stereocenters. The van der Waals surface area contributed by atoms with E-state index in [1.54, 1.807) is 19.0 Å². The fourth-order valence-corrected chi connectivity index (χ4v) is 8.41. The van der Waals surface area contributed by atoms with Gasteiger partial charge in [0.25, 0.3) is 10.9 Å². The van der Waals surface area contributed by atoms with Gasteiger partial charge >= 0.3 is 23.9 Å². The van der Waals surface area contributed by atoms with Crippen molar-refractivity contribution in [3.8, 4) is 0 Å². The van der Waals surface area contributed by atoms with Crippen LogP contribution in [0.25, 0.3) is 0 Å². The van der Waals surface area contributed by atoms with Crippen molar-refractivity contribution in [2.45, 2.75) is 227 Å². The van der Waals surface area contributed by atoms with Crippen LogP contribution in [-0.2, 0) is 38.1 Å². The normalized spacial score (nSPS) is 11.5. The number of carbonyl (C=O) groups excluding carboxylic acids is 4. The first-order chi connectivity index (χ1) is 33.0. The zero-order valence-electron chi connectivity index (χ0n) is 44.2. The molecule has 0 aliphatic rings. The lowest BCUT2D eigenvalue weighted by Gasteiger charge is -2.24. The highest BCUT2D eigenvalue weighted by Gasteiger charge is 2.22. The standard InChI is InChI=1S/C55H99N3O10/c1-7-11-15-19-23-34-48(59)65-42-46(43-66-49(60)35-24-20-16-12-8-2)32-27-29-39-58(41-31-38-56-52-53(57(5)6)55(64)54(52)63)40-30-28-33-47(44-67-50(61)36-25-21-17-13-9-3)45-68-51(62)37-26-22-18-14-10-4/h46-47,56H,7-45H2,1-6H3. The van der Waals surface area contributed by atoms with E-state index in [0.29, 0.717) is 43.6 Å². The quantitative estimate of drug-likeness (QED) is 0.0285. The monoisotopic (exact) mass is 962 g/mol. The van der Waals surface area contributed by atoms with Crippen LogP contribution >= 0.6 is 0 Å². The molecule has 0 aliphatic carbocycles. The van der Waals surface area contributed by atoms with Crippen LogP contribution in [0.2, 0.25) is 0 Å². The predicted octanol–water partition coefficient (Wildman–Crippen LogP) is 11.6. The van der Waals surface area contributed by atoms with Crippen LogP contribution in [0.4, 0.5) is 11.4 Å². The van der Waals surface area contributed by atoms with Crippen LogP contribution in [-0.4, -0.2) is 95.5 Å². The maximum atomic E-state index is 12.6. The van der Waals surface area contributed by atoms with E-state index in [1.165, 1.54) is 25.7 Å². The average Bonchev–Trinajstić information content (AvgIpc) is 3.32. The molecule has 0 saturated carbocycles. The molecular formula is C55H99N3O10. The van der Waals surface area contributed by atoms with Crippen molar-refractivity contribution in [2.75, 3.05) is 76.9 Å². The van der Waals surface area contributed by atoms with Crippen molar-refractivity contribution in [1.82, 2.24) is 4.90 Å². The number of unbranched alkanes of at least 4 members (excludes halogenated alkanes) is 18. The van der Waals surface area contributed by atoms with Gasteiger partial charge in [0.15, 0.2) is 0 Å². The van der Waals surface area contributed by atoms with Gasteiger partial charge in [0.05, 0.1) is 26.4 Å². The van der Waals surface area contributed by atoms with Crippen LogP contribution in [0, 0.1) is 11.8 Å². The van der Waals surface area contributed by atoms with E-state index in [9.17, 15) is 28.8 Å². The van der Waals surface area contributed by atoms with Gasteiger partial charge in [-0.1, -0.05) is 143 Å². The minimum Gasteiger partial charge on any atom is -0.465 e. The van der Waals surface area contributed by atoms with Crippen LogP contribution in [0.3, 0.4) is 0 Å². The molecule has 0 heterocycles. The summed E-state index contributed by atoms with van der Waals surface area (Å²) in [4.78, 5) is 79.1. The third-order valence-electron chi connectivity index (χ3n) is 12.8. The number of rotatable bonds is 48. The van der Waals surface area contributed by atoms with Crippen molar-refractivity contribution in [3.05, 3.63) is 20.4 Å². The number of hydrogen-bond acceptors (Lipinski definition) is 13. The summed E-state index contributed by atoms with van der Waals surface area (Å²) >= 11 is 0. The molecule has 1 aromatic carbocycles. The Morgan fingerprint density at radius 3 is 1.07 bits per heavy atom. The van der Waals surface area contributed by atoms with Crippen LogP contribution in [0.1, 0.15) is 227 Å². The van der Waals surface area contributed by atoms with E-state index < -0.39 is 10.9 Å². The van der Waals surface area contributed by atoms with Gasteiger partial charge in [-0.25, -0.2) is 0 Å². The molecule has 1 N–H and O–H groups in total. The molecule has 0 aliphatic heterocycles. The summed E-state index contributed by atoms with van der Waals surface area (Å²) in [5.41, 5.74) is -0.131. The first-order valence-corrected chi connectivity index (χ1v) is 27.6. The Kier molecular flexibility index (Phi) is 39.0. The van der Waals surface area contributed by atoms with Gasteiger partial charge in [0.2, 0.25) is 0 Å².